The Labute approximate surface area is 190 Å². The predicted molar refractivity (Wildman–Crippen MR) is 122 cm³/mol. The van der Waals surface area contributed by atoms with E-state index < -0.39 is 17.8 Å². The summed E-state index contributed by atoms with van der Waals surface area (Å²) in [5.74, 6) is -0.998. The second kappa shape index (κ2) is 8.76. The maximum atomic E-state index is 13.2. The van der Waals surface area contributed by atoms with Gasteiger partial charge in [-0.2, -0.15) is 4.98 Å². The molecule has 162 valence electrons. The first kappa shape index (κ1) is 21.5. The molecule has 0 saturated heterocycles. The molecule has 0 amide bonds. The van der Waals surface area contributed by atoms with Gasteiger partial charge in [0.1, 0.15) is 11.6 Å². The summed E-state index contributed by atoms with van der Waals surface area (Å²) in [7, 11) is 0. The predicted octanol–water partition coefficient (Wildman–Crippen LogP) is 4.24. The quantitative estimate of drug-likeness (QED) is 0.472. The number of hydrogen-bond acceptors (Lipinski definition) is 7. The average molecular weight is 448 g/mol. The minimum Gasteiger partial charge on any atom is -0.463 e. The van der Waals surface area contributed by atoms with Crippen LogP contribution in [0.2, 0.25) is 0 Å². The van der Waals surface area contributed by atoms with Crippen molar-refractivity contribution in [3.63, 3.8) is 0 Å². The number of carbonyl (C=O) groups is 2. The fraction of sp³-hybridized carbons (Fsp3) is 0.167. The third kappa shape index (κ3) is 3.69. The molecular weight excluding hydrogens is 426 g/mol. The van der Waals surface area contributed by atoms with Crippen LogP contribution in [0.15, 0.2) is 72.0 Å². The summed E-state index contributed by atoms with van der Waals surface area (Å²) >= 11 is 5.38. The van der Waals surface area contributed by atoms with Gasteiger partial charge in [-0.1, -0.05) is 48.5 Å². The maximum absolute atomic E-state index is 13.2. The van der Waals surface area contributed by atoms with Crippen molar-refractivity contribution in [3.8, 4) is 5.88 Å². The third-order valence-corrected chi connectivity index (χ3v) is 5.47. The third-order valence-electron chi connectivity index (χ3n) is 5.19. The van der Waals surface area contributed by atoms with E-state index in [1.807, 2.05) is 36.4 Å². The Morgan fingerprint density at radius 2 is 1.75 bits per heavy atom. The molecule has 0 radical (unpaired) electrons. The molecule has 32 heavy (non-hydrogen) atoms. The number of nitrogens with two attached hydrogens (primary N) is 1. The number of aromatic nitrogens is 2. The zero-order chi connectivity index (χ0) is 22.8. The molecule has 0 aliphatic carbocycles. The van der Waals surface area contributed by atoms with Crippen molar-refractivity contribution in [2.24, 2.45) is 0 Å². The van der Waals surface area contributed by atoms with Gasteiger partial charge in [-0.15, -0.1) is 0 Å². The van der Waals surface area contributed by atoms with Gasteiger partial charge in [0.05, 0.1) is 23.7 Å². The first-order valence-electron chi connectivity index (χ1n) is 10.1. The SMILES string of the molecule is CCOC(=O)C1=C(C)Oc2nc(=S)n(C(=O)c3ccccc3)c(N)c2[C@@H]1c1ccccc1. The van der Waals surface area contributed by atoms with Crippen LogP contribution in [0.1, 0.15) is 41.3 Å². The van der Waals surface area contributed by atoms with Gasteiger partial charge in [0.25, 0.3) is 5.91 Å². The lowest BCUT2D eigenvalue weighted by molar-refractivity contribution is -0.139. The van der Waals surface area contributed by atoms with Gasteiger partial charge in [0.15, 0.2) is 0 Å². The van der Waals surface area contributed by atoms with Crippen molar-refractivity contribution < 1.29 is 19.1 Å². The standard InChI is InChI=1S/C24H21N3O4S/c1-3-30-23(29)17-14(2)31-21-19(18(17)15-10-6-4-7-11-15)20(25)27(24(32)26-21)22(28)16-12-8-5-9-13-16/h4-13,18H,3,25H2,1-2H3/t18-/m1/s1. The number of anilines is 1. The fourth-order valence-electron chi connectivity index (χ4n) is 3.78. The van der Waals surface area contributed by atoms with Crippen LogP contribution in [0.25, 0.3) is 0 Å². The number of carbonyl (C=O) groups excluding carboxylic acids is 2. The minimum absolute atomic E-state index is 0.0331. The molecule has 8 heteroatoms. The van der Waals surface area contributed by atoms with Gasteiger partial charge in [0.2, 0.25) is 10.7 Å². The molecule has 2 aromatic carbocycles. The first-order chi connectivity index (χ1) is 15.4. The number of fused-ring (bicyclic) bond motifs is 1. The van der Waals surface area contributed by atoms with Gasteiger partial charge >= 0.3 is 5.97 Å². The molecule has 1 atom stereocenters. The second-order valence-electron chi connectivity index (χ2n) is 7.14. The highest BCUT2D eigenvalue weighted by molar-refractivity contribution is 7.71. The summed E-state index contributed by atoms with van der Waals surface area (Å²) < 4.78 is 12.3. The minimum atomic E-state index is -0.642. The van der Waals surface area contributed by atoms with Crippen LogP contribution in [-0.4, -0.2) is 28.0 Å². The van der Waals surface area contributed by atoms with Gasteiger partial charge in [0, 0.05) is 5.56 Å². The number of nitrogen functional groups attached to an aromatic ring is 1. The van der Waals surface area contributed by atoms with Crippen molar-refractivity contribution in [1.82, 2.24) is 9.55 Å². The van der Waals surface area contributed by atoms with E-state index in [1.54, 1.807) is 38.1 Å². The van der Waals surface area contributed by atoms with E-state index in [0.29, 0.717) is 22.5 Å². The number of rotatable bonds is 4. The van der Waals surface area contributed by atoms with E-state index in [0.717, 1.165) is 5.56 Å². The molecule has 0 bridgehead atoms. The maximum Gasteiger partial charge on any atom is 0.338 e. The van der Waals surface area contributed by atoms with Crippen molar-refractivity contribution >= 4 is 29.9 Å². The Kier molecular flexibility index (Phi) is 5.87. The average Bonchev–Trinajstić information content (AvgIpc) is 2.79. The van der Waals surface area contributed by atoms with E-state index in [1.165, 1.54) is 4.57 Å². The second-order valence-corrected chi connectivity index (χ2v) is 7.51. The van der Waals surface area contributed by atoms with Gasteiger partial charge < -0.3 is 15.2 Å². The summed E-state index contributed by atoms with van der Waals surface area (Å²) in [6, 6.07) is 18.0. The molecule has 3 aromatic rings. The lowest BCUT2D eigenvalue weighted by Gasteiger charge is -2.30. The Morgan fingerprint density at radius 3 is 2.38 bits per heavy atom. The van der Waals surface area contributed by atoms with E-state index in [9.17, 15) is 9.59 Å². The molecule has 2 N–H and O–H groups in total. The smallest absolute Gasteiger partial charge is 0.338 e. The highest BCUT2D eigenvalue weighted by Crippen LogP contribution is 2.45. The van der Waals surface area contributed by atoms with Crippen LogP contribution in [0.4, 0.5) is 5.82 Å². The van der Waals surface area contributed by atoms with Gasteiger partial charge in [-0.3, -0.25) is 4.79 Å². The van der Waals surface area contributed by atoms with Crippen molar-refractivity contribution in [2.45, 2.75) is 19.8 Å². The molecule has 1 aliphatic rings. The van der Waals surface area contributed by atoms with E-state index in [2.05, 4.69) is 4.98 Å². The van der Waals surface area contributed by atoms with E-state index in [4.69, 9.17) is 27.4 Å². The molecule has 4 rings (SSSR count). The highest BCUT2D eigenvalue weighted by atomic mass is 32.1. The number of benzene rings is 2. The number of nitrogens with zero attached hydrogens (tertiary/aromatic N) is 2. The van der Waals surface area contributed by atoms with Crippen LogP contribution >= 0.6 is 12.2 Å². The molecule has 0 fully saturated rings. The fourth-order valence-corrected chi connectivity index (χ4v) is 4.05. The van der Waals surface area contributed by atoms with Crippen molar-refractivity contribution in [2.75, 3.05) is 12.3 Å². The molecular formula is C24H21N3O4S. The Hall–Kier alpha value is -3.78. The monoisotopic (exact) mass is 447 g/mol. The van der Waals surface area contributed by atoms with Crippen LogP contribution in [0, 0.1) is 4.77 Å². The number of hydrogen-bond donors (Lipinski definition) is 1. The van der Waals surface area contributed by atoms with Gasteiger partial charge in [-0.05, 0) is 43.8 Å². The number of ether oxygens (including phenoxy) is 2. The molecule has 2 heterocycles. The summed E-state index contributed by atoms with van der Waals surface area (Å²) in [5, 5.41) is 0. The lowest BCUT2D eigenvalue weighted by Crippen LogP contribution is -2.28. The number of esters is 1. The van der Waals surface area contributed by atoms with E-state index in [-0.39, 0.29) is 23.1 Å². The van der Waals surface area contributed by atoms with Crippen LogP contribution in [0.5, 0.6) is 5.88 Å². The van der Waals surface area contributed by atoms with E-state index >= 15 is 0 Å². The summed E-state index contributed by atoms with van der Waals surface area (Å²) in [6.07, 6.45) is 0. The summed E-state index contributed by atoms with van der Waals surface area (Å²) in [6.45, 7) is 3.60. The molecule has 1 aliphatic heterocycles. The van der Waals surface area contributed by atoms with Crippen LogP contribution < -0.4 is 10.5 Å². The van der Waals surface area contributed by atoms with Gasteiger partial charge in [-0.25, -0.2) is 9.36 Å². The van der Waals surface area contributed by atoms with Crippen molar-refractivity contribution in [3.05, 3.63) is 93.5 Å². The molecule has 1 aromatic heterocycles. The molecule has 0 saturated carbocycles. The molecule has 0 spiro atoms. The normalized spacial score (nSPS) is 15.0. The molecule has 0 unspecified atom stereocenters. The lowest BCUT2D eigenvalue weighted by atomic mass is 9.83. The Balaban J connectivity index is 1.97. The summed E-state index contributed by atoms with van der Waals surface area (Å²) in [4.78, 5) is 30.5. The topological polar surface area (TPSA) is 96.4 Å². The van der Waals surface area contributed by atoms with Crippen LogP contribution in [0.3, 0.4) is 0 Å². The largest absolute Gasteiger partial charge is 0.463 e. The zero-order valence-corrected chi connectivity index (χ0v) is 18.4. The van der Waals surface area contributed by atoms with Crippen molar-refractivity contribution in [1.29, 1.82) is 0 Å². The Morgan fingerprint density at radius 1 is 1.12 bits per heavy atom. The first-order valence-corrected chi connectivity index (χ1v) is 10.5. The number of allylic oxidation sites excluding steroid dienone is 1. The highest BCUT2D eigenvalue weighted by Gasteiger charge is 2.38. The Bertz CT molecular complexity index is 1280. The summed E-state index contributed by atoms with van der Waals surface area (Å²) in [5.41, 5.74) is 8.41. The molecule has 7 nitrogen and oxygen atoms in total. The van der Waals surface area contributed by atoms with Crippen LogP contribution in [-0.2, 0) is 9.53 Å². The zero-order valence-electron chi connectivity index (χ0n) is 17.6.